The van der Waals surface area contributed by atoms with Gasteiger partial charge in [0.25, 0.3) is 5.69 Å². The van der Waals surface area contributed by atoms with E-state index in [2.05, 4.69) is 9.80 Å². The van der Waals surface area contributed by atoms with E-state index < -0.39 is 0 Å². The Balaban J connectivity index is 1.61. The van der Waals surface area contributed by atoms with E-state index in [1.54, 1.807) is 12.1 Å². The predicted molar refractivity (Wildman–Crippen MR) is 83.0 cm³/mol. The standard InChI is InChI=1S/C16H21N3O3/c20-19(21)14-6-4-13(5-7-14)18-15-3-1-2-8-16(15,18)17-9-11-22-12-10-17/h4-7,15H,1-3,8-12H2/t15-,16-,18?/m1/s1. The van der Waals surface area contributed by atoms with Gasteiger partial charge in [-0.05, 0) is 31.4 Å². The fraction of sp³-hybridized carbons (Fsp3) is 0.625. The van der Waals surface area contributed by atoms with Gasteiger partial charge in [-0.25, -0.2) is 0 Å². The van der Waals surface area contributed by atoms with Crippen molar-refractivity contribution in [3.8, 4) is 0 Å². The Morgan fingerprint density at radius 1 is 1.18 bits per heavy atom. The van der Waals surface area contributed by atoms with Crippen LogP contribution in [0.3, 0.4) is 0 Å². The Morgan fingerprint density at radius 2 is 1.91 bits per heavy atom. The Morgan fingerprint density at radius 3 is 2.59 bits per heavy atom. The molecular formula is C16H21N3O3. The molecule has 0 amide bonds. The largest absolute Gasteiger partial charge is 0.379 e. The summed E-state index contributed by atoms with van der Waals surface area (Å²) in [5.41, 5.74) is 1.41. The molecule has 1 aromatic rings. The quantitative estimate of drug-likeness (QED) is 0.487. The van der Waals surface area contributed by atoms with Crippen molar-refractivity contribution in [2.45, 2.75) is 37.4 Å². The maximum Gasteiger partial charge on any atom is 0.269 e. The third-order valence-corrected chi connectivity index (χ3v) is 5.36. The Bertz CT molecular complexity index is 571. The molecule has 0 aromatic heterocycles. The van der Waals surface area contributed by atoms with Crippen LogP contribution < -0.4 is 4.90 Å². The third-order valence-electron chi connectivity index (χ3n) is 5.36. The van der Waals surface area contributed by atoms with Gasteiger partial charge in [0.05, 0.1) is 24.2 Å². The zero-order valence-electron chi connectivity index (χ0n) is 12.6. The van der Waals surface area contributed by atoms with Gasteiger partial charge in [-0.1, -0.05) is 6.42 Å². The van der Waals surface area contributed by atoms with Crippen molar-refractivity contribution in [2.24, 2.45) is 0 Å². The number of morpholine rings is 1. The Labute approximate surface area is 129 Å². The van der Waals surface area contributed by atoms with Crippen molar-refractivity contribution in [3.05, 3.63) is 34.4 Å². The van der Waals surface area contributed by atoms with Crippen LogP contribution in [0.5, 0.6) is 0 Å². The highest BCUT2D eigenvalue weighted by Gasteiger charge is 2.66. The van der Waals surface area contributed by atoms with Crippen LogP contribution in [0.25, 0.3) is 0 Å². The SMILES string of the molecule is O=[N+]([O-])c1ccc(N2[C@@H]3CCCC[C@]32N2CCOCC2)cc1. The molecule has 0 N–H and O–H groups in total. The molecule has 0 bridgehead atoms. The van der Waals surface area contributed by atoms with Gasteiger partial charge in [0.15, 0.2) is 0 Å². The zero-order valence-corrected chi connectivity index (χ0v) is 12.6. The topological polar surface area (TPSA) is 58.6 Å². The molecule has 2 heterocycles. The van der Waals surface area contributed by atoms with E-state index in [1.165, 1.54) is 25.7 Å². The summed E-state index contributed by atoms with van der Waals surface area (Å²) in [4.78, 5) is 15.5. The molecule has 0 radical (unpaired) electrons. The van der Waals surface area contributed by atoms with Crippen molar-refractivity contribution in [2.75, 3.05) is 31.2 Å². The summed E-state index contributed by atoms with van der Waals surface area (Å²) in [5, 5.41) is 10.8. The highest BCUT2D eigenvalue weighted by atomic mass is 16.6. The smallest absolute Gasteiger partial charge is 0.269 e. The van der Waals surface area contributed by atoms with Crippen molar-refractivity contribution in [1.82, 2.24) is 4.90 Å². The molecule has 118 valence electrons. The molecule has 1 aromatic carbocycles. The van der Waals surface area contributed by atoms with Crippen LogP contribution >= 0.6 is 0 Å². The molecule has 2 atom stereocenters. The summed E-state index contributed by atoms with van der Waals surface area (Å²) in [6.07, 6.45) is 4.95. The number of fused-ring (bicyclic) bond motifs is 1. The first kappa shape index (κ1) is 14.0. The lowest BCUT2D eigenvalue weighted by Crippen LogP contribution is -2.49. The first-order valence-corrected chi connectivity index (χ1v) is 8.10. The molecule has 1 aliphatic carbocycles. The van der Waals surface area contributed by atoms with Gasteiger partial charge in [0, 0.05) is 30.9 Å². The number of rotatable bonds is 3. The van der Waals surface area contributed by atoms with E-state index in [0.29, 0.717) is 6.04 Å². The second-order valence-corrected chi connectivity index (χ2v) is 6.38. The number of benzene rings is 1. The van der Waals surface area contributed by atoms with Gasteiger partial charge in [-0.2, -0.15) is 0 Å². The molecule has 6 nitrogen and oxygen atoms in total. The number of hydrogen-bond donors (Lipinski definition) is 0. The monoisotopic (exact) mass is 303 g/mol. The number of nitro benzene ring substituents is 1. The second-order valence-electron chi connectivity index (χ2n) is 6.38. The Kier molecular flexibility index (Phi) is 3.31. The average molecular weight is 303 g/mol. The average Bonchev–Trinajstić information content (AvgIpc) is 3.26. The lowest BCUT2D eigenvalue weighted by atomic mass is 9.94. The Hall–Kier alpha value is -1.66. The van der Waals surface area contributed by atoms with Gasteiger partial charge < -0.3 is 9.64 Å². The van der Waals surface area contributed by atoms with Gasteiger partial charge in [-0.15, -0.1) is 0 Å². The maximum atomic E-state index is 10.8. The number of ether oxygens (including phenoxy) is 1. The summed E-state index contributed by atoms with van der Waals surface area (Å²) < 4.78 is 5.50. The zero-order chi connectivity index (χ0) is 15.2. The molecule has 3 fully saturated rings. The highest BCUT2D eigenvalue weighted by Crippen LogP contribution is 2.55. The summed E-state index contributed by atoms with van der Waals surface area (Å²) >= 11 is 0. The molecule has 0 spiro atoms. The number of non-ortho nitro benzene ring substituents is 1. The fourth-order valence-corrected chi connectivity index (χ4v) is 4.36. The number of nitro groups is 1. The van der Waals surface area contributed by atoms with E-state index in [1.807, 2.05) is 12.1 Å². The lowest BCUT2D eigenvalue weighted by molar-refractivity contribution is -0.384. The van der Waals surface area contributed by atoms with Gasteiger partial charge in [-0.3, -0.25) is 15.0 Å². The molecule has 1 saturated carbocycles. The van der Waals surface area contributed by atoms with E-state index >= 15 is 0 Å². The summed E-state index contributed by atoms with van der Waals surface area (Å²) in [6.45, 7) is 3.59. The maximum absolute atomic E-state index is 10.8. The van der Waals surface area contributed by atoms with Crippen LogP contribution in [0.15, 0.2) is 24.3 Å². The van der Waals surface area contributed by atoms with Gasteiger partial charge >= 0.3 is 0 Å². The minimum Gasteiger partial charge on any atom is -0.379 e. The number of anilines is 1. The van der Waals surface area contributed by atoms with Crippen molar-refractivity contribution < 1.29 is 9.66 Å². The van der Waals surface area contributed by atoms with Gasteiger partial charge in [0.1, 0.15) is 5.66 Å². The molecular weight excluding hydrogens is 282 g/mol. The van der Waals surface area contributed by atoms with Crippen molar-refractivity contribution in [3.63, 3.8) is 0 Å². The van der Waals surface area contributed by atoms with E-state index in [4.69, 9.17) is 4.74 Å². The number of hydrogen-bond acceptors (Lipinski definition) is 5. The predicted octanol–water partition coefficient (Wildman–Crippen LogP) is 2.39. The third kappa shape index (κ3) is 2.01. The molecule has 0 unspecified atom stereocenters. The summed E-state index contributed by atoms with van der Waals surface area (Å²) in [5.74, 6) is 0. The number of nitrogens with zero attached hydrogens (tertiary/aromatic N) is 3. The highest BCUT2D eigenvalue weighted by molar-refractivity contribution is 5.62. The van der Waals surface area contributed by atoms with E-state index in [9.17, 15) is 10.1 Å². The summed E-state index contributed by atoms with van der Waals surface area (Å²) in [7, 11) is 0. The van der Waals surface area contributed by atoms with Crippen molar-refractivity contribution in [1.29, 1.82) is 0 Å². The minimum absolute atomic E-state index is 0.137. The van der Waals surface area contributed by atoms with Crippen LogP contribution in [0, 0.1) is 10.1 Å². The van der Waals surface area contributed by atoms with Crippen LogP contribution in [0.1, 0.15) is 25.7 Å². The molecule has 2 aliphatic heterocycles. The lowest BCUT2D eigenvalue weighted by Gasteiger charge is -2.36. The van der Waals surface area contributed by atoms with E-state index in [-0.39, 0.29) is 16.3 Å². The van der Waals surface area contributed by atoms with Crippen LogP contribution in [0.4, 0.5) is 11.4 Å². The molecule has 22 heavy (non-hydrogen) atoms. The van der Waals surface area contributed by atoms with Crippen molar-refractivity contribution >= 4 is 11.4 Å². The fourth-order valence-electron chi connectivity index (χ4n) is 4.36. The molecule has 3 aliphatic rings. The van der Waals surface area contributed by atoms with Crippen LogP contribution in [0.2, 0.25) is 0 Å². The molecule has 6 heteroatoms. The second kappa shape index (κ2) is 5.21. The van der Waals surface area contributed by atoms with E-state index in [0.717, 1.165) is 32.0 Å². The first-order chi connectivity index (χ1) is 10.7. The molecule has 2 saturated heterocycles. The van der Waals surface area contributed by atoms with Gasteiger partial charge in [0.2, 0.25) is 0 Å². The van der Waals surface area contributed by atoms with Crippen LogP contribution in [-0.2, 0) is 4.74 Å². The van der Waals surface area contributed by atoms with Crippen LogP contribution in [-0.4, -0.2) is 47.8 Å². The summed E-state index contributed by atoms with van der Waals surface area (Å²) in [6, 6.07) is 7.59. The first-order valence-electron chi connectivity index (χ1n) is 8.10. The minimum atomic E-state index is -0.337. The normalized spacial score (nSPS) is 31.6. The molecule has 4 rings (SSSR count).